The van der Waals surface area contributed by atoms with Gasteiger partial charge in [-0.3, -0.25) is 38.4 Å². The van der Waals surface area contributed by atoms with Gasteiger partial charge < -0.3 is 64.4 Å². The van der Waals surface area contributed by atoms with E-state index >= 15 is 0 Å². The third-order valence-corrected chi connectivity index (χ3v) is 10.4. The van der Waals surface area contributed by atoms with Crippen LogP contribution in [0.3, 0.4) is 0 Å². The summed E-state index contributed by atoms with van der Waals surface area (Å²) >= 11 is 1.39. The molecule has 15 N–H and O–H groups in total. The Labute approximate surface area is 371 Å². The van der Waals surface area contributed by atoms with Crippen LogP contribution in [-0.4, -0.2) is 131 Å². The molecule has 0 aliphatic heterocycles. The Morgan fingerprint density at radius 1 is 0.556 bits per heavy atom. The van der Waals surface area contributed by atoms with Gasteiger partial charge in [-0.1, -0.05) is 42.5 Å². The van der Waals surface area contributed by atoms with Gasteiger partial charge in [-0.25, -0.2) is 0 Å². The van der Waals surface area contributed by atoms with Crippen LogP contribution < -0.4 is 49.1 Å². The number of phenolic OH excluding ortho intramolecular Hbond substituents is 1. The molecule has 2 rings (SSSR count). The zero-order valence-electron chi connectivity index (χ0n) is 35.5. The molecule has 21 heteroatoms. The highest BCUT2D eigenvalue weighted by Crippen LogP contribution is 2.13. The van der Waals surface area contributed by atoms with Crippen LogP contribution in [0.2, 0.25) is 0 Å². The van der Waals surface area contributed by atoms with Crippen molar-refractivity contribution in [1.82, 2.24) is 31.9 Å². The van der Waals surface area contributed by atoms with Crippen LogP contribution in [0.4, 0.5) is 0 Å². The minimum absolute atomic E-state index is 0.0142. The average Bonchev–Trinajstić information content (AvgIpc) is 3.25. The maximum Gasteiger partial charge on any atom is 0.322 e. The van der Waals surface area contributed by atoms with E-state index in [0.717, 1.165) is 0 Å². The third kappa shape index (κ3) is 21.2. The SMILES string of the molecule is CSCC[C@H](NC(=O)[C@H](Cc1ccccc1)NC(=O)[C@H](CCC(=O)O)NC(=O)[C@@H](N)Cc1ccc(O)cc1)C(=O)N[C@@H](CCCCN)C(=O)N[C@@H](CCCCN)C(=O)NCC(=O)O. The highest BCUT2D eigenvalue weighted by molar-refractivity contribution is 7.98. The number of unbranched alkanes of at least 4 members (excludes halogenated alkanes) is 2. The van der Waals surface area contributed by atoms with Gasteiger partial charge in [0.05, 0.1) is 6.04 Å². The molecule has 0 spiro atoms. The highest BCUT2D eigenvalue weighted by Gasteiger charge is 2.33. The number of carbonyl (C=O) groups excluding carboxylic acids is 6. The van der Waals surface area contributed by atoms with Crippen molar-refractivity contribution in [3.8, 4) is 5.75 Å². The predicted molar refractivity (Wildman–Crippen MR) is 236 cm³/mol. The second kappa shape index (κ2) is 29.5. The van der Waals surface area contributed by atoms with E-state index in [-0.39, 0.29) is 44.3 Å². The maximum absolute atomic E-state index is 14.2. The van der Waals surface area contributed by atoms with E-state index in [0.29, 0.717) is 55.7 Å². The number of aromatic hydroxyl groups is 1. The molecule has 63 heavy (non-hydrogen) atoms. The molecule has 6 atom stereocenters. The number of hydrogen-bond donors (Lipinski definition) is 12. The summed E-state index contributed by atoms with van der Waals surface area (Å²) in [7, 11) is 0. The second-order valence-corrected chi connectivity index (χ2v) is 15.9. The van der Waals surface area contributed by atoms with E-state index in [2.05, 4.69) is 31.9 Å². The van der Waals surface area contributed by atoms with E-state index in [1.54, 1.807) is 48.7 Å². The number of amides is 6. The normalized spacial score (nSPS) is 13.8. The third-order valence-electron chi connectivity index (χ3n) is 9.74. The first-order valence-electron chi connectivity index (χ1n) is 20.8. The highest BCUT2D eigenvalue weighted by atomic mass is 32.2. The molecule has 0 saturated carbocycles. The summed E-state index contributed by atoms with van der Waals surface area (Å²) in [5.74, 6) is -6.74. The fraction of sp³-hybridized carbons (Fsp3) is 0.524. The quantitative estimate of drug-likeness (QED) is 0.0404. The molecule has 0 aromatic heterocycles. The van der Waals surface area contributed by atoms with Crippen molar-refractivity contribution < 1.29 is 53.7 Å². The number of nitrogens with one attached hydrogen (secondary N) is 6. The summed E-state index contributed by atoms with van der Waals surface area (Å²) in [5.41, 5.74) is 18.7. The number of carbonyl (C=O) groups is 8. The smallest absolute Gasteiger partial charge is 0.322 e. The van der Waals surface area contributed by atoms with Gasteiger partial charge in [-0.15, -0.1) is 0 Å². The first-order valence-corrected chi connectivity index (χ1v) is 22.2. The molecule has 2 aromatic carbocycles. The molecule has 0 aliphatic rings. The monoisotopic (exact) mass is 901 g/mol. The van der Waals surface area contributed by atoms with Gasteiger partial charge in [0.2, 0.25) is 35.4 Å². The minimum atomic E-state index is -1.43. The summed E-state index contributed by atoms with van der Waals surface area (Å²) in [6, 6.07) is 7.12. The Hall–Kier alpha value is -5.77. The number of thioether (sulfide) groups is 1. The van der Waals surface area contributed by atoms with Gasteiger partial charge in [0.1, 0.15) is 42.5 Å². The lowest BCUT2D eigenvalue weighted by atomic mass is 10.0. The molecule has 0 saturated heterocycles. The van der Waals surface area contributed by atoms with Crippen LogP contribution in [0.1, 0.15) is 68.9 Å². The van der Waals surface area contributed by atoms with Crippen LogP contribution in [0.15, 0.2) is 54.6 Å². The first-order chi connectivity index (χ1) is 30.1. The summed E-state index contributed by atoms with van der Waals surface area (Å²) in [6.07, 6.45) is 3.13. The lowest BCUT2D eigenvalue weighted by Crippen LogP contribution is -2.60. The van der Waals surface area contributed by atoms with E-state index in [1.165, 1.54) is 23.9 Å². The molecule has 0 bridgehead atoms. The Balaban J connectivity index is 2.37. The fourth-order valence-corrected chi connectivity index (χ4v) is 6.73. The van der Waals surface area contributed by atoms with Crippen molar-refractivity contribution in [3.05, 3.63) is 65.7 Å². The second-order valence-electron chi connectivity index (χ2n) is 14.9. The Bertz CT molecular complexity index is 1790. The Morgan fingerprint density at radius 2 is 1.02 bits per heavy atom. The van der Waals surface area contributed by atoms with Crippen molar-refractivity contribution in [1.29, 1.82) is 0 Å². The van der Waals surface area contributed by atoms with Crippen molar-refractivity contribution in [2.75, 3.05) is 31.6 Å². The molecule has 0 unspecified atom stereocenters. The zero-order valence-corrected chi connectivity index (χ0v) is 36.3. The first kappa shape index (κ1) is 53.4. The molecule has 348 valence electrons. The summed E-state index contributed by atoms with van der Waals surface area (Å²) in [6.45, 7) is -0.0427. The molecule has 0 heterocycles. The Kier molecular flexibility index (Phi) is 25.0. The van der Waals surface area contributed by atoms with Crippen molar-refractivity contribution in [2.24, 2.45) is 17.2 Å². The van der Waals surface area contributed by atoms with E-state index in [4.69, 9.17) is 22.3 Å². The molecule has 6 amide bonds. The predicted octanol–water partition coefficient (Wildman–Crippen LogP) is -0.995. The van der Waals surface area contributed by atoms with E-state index in [9.17, 15) is 48.6 Å². The summed E-state index contributed by atoms with van der Waals surface area (Å²) in [5, 5.41) is 43.5. The van der Waals surface area contributed by atoms with Gasteiger partial charge >= 0.3 is 11.9 Å². The summed E-state index contributed by atoms with van der Waals surface area (Å²) < 4.78 is 0. The number of aliphatic carboxylic acids is 2. The van der Waals surface area contributed by atoms with Gasteiger partial charge in [-0.2, -0.15) is 11.8 Å². The van der Waals surface area contributed by atoms with Crippen LogP contribution in [0.5, 0.6) is 5.75 Å². The molecular weight excluding hydrogens is 839 g/mol. The van der Waals surface area contributed by atoms with Crippen LogP contribution in [0, 0.1) is 0 Å². The lowest BCUT2D eigenvalue weighted by molar-refractivity contribution is -0.139. The van der Waals surface area contributed by atoms with Gasteiger partial charge in [0.15, 0.2) is 0 Å². The standard InChI is InChI=1S/C42H63N9O11S/c1-63-22-19-33(41(61)49-31(12-6-8-21-44)39(59)48-30(11-5-7-20-43)38(58)46-25-36(55)56)50-42(62)34(24-26-9-3-2-4-10-26)51-40(60)32(17-18-35(53)54)47-37(57)29(45)23-27-13-15-28(52)16-14-27/h2-4,9-10,13-16,29-34,52H,5-8,11-12,17-25,43-45H2,1H3,(H,46,58)(H,47,57)(H,48,59)(H,49,61)(H,50,62)(H,51,60)(H,53,54)(H,55,56)/t29-,30-,31-,32-,33-,34-/m0/s1. The average molecular weight is 902 g/mol. The van der Waals surface area contributed by atoms with Gasteiger partial charge in [-0.05, 0) is 106 Å². The number of phenols is 1. The lowest BCUT2D eigenvalue weighted by Gasteiger charge is -2.27. The van der Waals surface area contributed by atoms with Gasteiger partial charge in [0.25, 0.3) is 0 Å². The molecular formula is C42H63N9O11S. The largest absolute Gasteiger partial charge is 0.508 e. The number of nitrogens with two attached hydrogens (primary N) is 3. The molecule has 0 radical (unpaired) electrons. The van der Waals surface area contributed by atoms with Crippen molar-refractivity contribution in [3.63, 3.8) is 0 Å². The van der Waals surface area contributed by atoms with E-state index < -0.39 is 96.6 Å². The minimum Gasteiger partial charge on any atom is -0.508 e. The van der Waals surface area contributed by atoms with Crippen molar-refractivity contribution >= 4 is 59.1 Å². The number of carboxylic acid groups (broad SMARTS) is 2. The molecule has 20 nitrogen and oxygen atoms in total. The molecule has 0 fully saturated rings. The number of benzene rings is 2. The zero-order chi connectivity index (χ0) is 46.7. The number of rotatable bonds is 31. The van der Waals surface area contributed by atoms with Gasteiger partial charge in [0, 0.05) is 12.8 Å². The molecule has 0 aliphatic carbocycles. The summed E-state index contributed by atoms with van der Waals surface area (Å²) in [4.78, 5) is 105. The van der Waals surface area contributed by atoms with Crippen LogP contribution in [-0.2, 0) is 51.2 Å². The Morgan fingerprint density at radius 3 is 1.52 bits per heavy atom. The molecule has 2 aromatic rings. The van der Waals surface area contributed by atoms with Crippen LogP contribution >= 0.6 is 11.8 Å². The maximum atomic E-state index is 14.2. The fourth-order valence-electron chi connectivity index (χ4n) is 6.26. The number of carboxylic acids is 2. The number of hydrogen-bond acceptors (Lipinski definition) is 13. The van der Waals surface area contributed by atoms with Crippen molar-refractivity contribution in [2.45, 2.75) is 107 Å². The van der Waals surface area contributed by atoms with E-state index in [1.807, 2.05) is 0 Å². The topological polar surface area (TPSA) is 347 Å². The van der Waals surface area contributed by atoms with Crippen LogP contribution in [0.25, 0.3) is 0 Å².